The summed E-state index contributed by atoms with van der Waals surface area (Å²) in [6.45, 7) is 3.20. The third-order valence-electron chi connectivity index (χ3n) is 3.90. The van der Waals surface area contributed by atoms with Crippen LogP contribution in [0.4, 0.5) is 5.69 Å². The molecule has 3 aromatic rings. The minimum Gasteiger partial charge on any atom is -0.497 e. The normalized spacial score (nSPS) is 10.4. The van der Waals surface area contributed by atoms with Gasteiger partial charge in [0.15, 0.2) is 5.78 Å². The molecule has 0 spiro atoms. The highest BCUT2D eigenvalue weighted by Crippen LogP contribution is 2.29. The number of furan rings is 1. The molecule has 132 valence electrons. The fourth-order valence-corrected chi connectivity index (χ4v) is 2.61. The number of methoxy groups -OCH3 is 1. The number of ketones is 1. The SMILES string of the molecule is COc1ccc(-c2oc(C)cc2C(=O)Nc2ccncc2C(C)=O)cc1. The monoisotopic (exact) mass is 350 g/mol. The van der Waals surface area contributed by atoms with Gasteiger partial charge in [0.05, 0.1) is 23.9 Å². The maximum atomic E-state index is 12.8. The first-order chi connectivity index (χ1) is 12.5. The van der Waals surface area contributed by atoms with E-state index in [4.69, 9.17) is 9.15 Å². The largest absolute Gasteiger partial charge is 0.497 e. The number of hydrogen-bond donors (Lipinski definition) is 1. The Kier molecular flexibility index (Phi) is 4.84. The molecule has 0 saturated carbocycles. The lowest BCUT2D eigenvalue weighted by Gasteiger charge is -2.09. The molecule has 6 nitrogen and oxygen atoms in total. The molecule has 0 saturated heterocycles. The van der Waals surface area contributed by atoms with Crippen LogP contribution < -0.4 is 10.1 Å². The zero-order chi connectivity index (χ0) is 18.7. The summed E-state index contributed by atoms with van der Waals surface area (Å²) in [5.41, 5.74) is 1.91. The van der Waals surface area contributed by atoms with Crippen molar-refractivity contribution in [3.8, 4) is 17.1 Å². The molecule has 2 heterocycles. The van der Waals surface area contributed by atoms with Gasteiger partial charge in [-0.1, -0.05) is 0 Å². The fraction of sp³-hybridized carbons (Fsp3) is 0.150. The summed E-state index contributed by atoms with van der Waals surface area (Å²) in [4.78, 5) is 28.4. The Labute approximate surface area is 150 Å². The van der Waals surface area contributed by atoms with E-state index in [2.05, 4.69) is 10.3 Å². The summed E-state index contributed by atoms with van der Waals surface area (Å²) in [7, 11) is 1.59. The first-order valence-corrected chi connectivity index (χ1v) is 8.00. The van der Waals surface area contributed by atoms with Crippen molar-refractivity contribution < 1.29 is 18.7 Å². The Morgan fingerprint density at radius 2 is 1.85 bits per heavy atom. The molecule has 3 rings (SSSR count). The van der Waals surface area contributed by atoms with E-state index in [0.29, 0.717) is 34.1 Å². The van der Waals surface area contributed by atoms with Crippen molar-refractivity contribution in [1.29, 1.82) is 0 Å². The fourth-order valence-electron chi connectivity index (χ4n) is 2.61. The van der Waals surface area contributed by atoms with Crippen LogP contribution in [0.1, 0.15) is 33.4 Å². The van der Waals surface area contributed by atoms with Gasteiger partial charge in [0.25, 0.3) is 5.91 Å². The van der Waals surface area contributed by atoms with Crippen molar-refractivity contribution in [3.63, 3.8) is 0 Å². The van der Waals surface area contributed by atoms with E-state index < -0.39 is 0 Å². The molecule has 1 aromatic carbocycles. The molecule has 0 unspecified atom stereocenters. The minimum absolute atomic E-state index is 0.174. The highest BCUT2D eigenvalue weighted by Gasteiger charge is 2.20. The van der Waals surface area contributed by atoms with E-state index in [1.54, 1.807) is 38.3 Å². The quantitative estimate of drug-likeness (QED) is 0.700. The van der Waals surface area contributed by atoms with E-state index in [1.807, 2.05) is 12.1 Å². The molecule has 26 heavy (non-hydrogen) atoms. The molecule has 1 amide bonds. The van der Waals surface area contributed by atoms with E-state index in [-0.39, 0.29) is 11.7 Å². The molecule has 0 aliphatic rings. The first-order valence-electron chi connectivity index (χ1n) is 8.00. The topological polar surface area (TPSA) is 81.4 Å². The summed E-state index contributed by atoms with van der Waals surface area (Å²) < 4.78 is 10.9. The van der Waals surface area contributed by atoms with Crippen LogP contribution in [0.25, 0.3) is 11.3 Å². The number of rotatable bonds is 5. The number of nitrogens with zero attached hydrogens (tertiary/aromatic N) is 1. The Morgan fingerprint density at radius 1 is 1.12 bits per heavy atom. The Balaban J connectivity index is 1.95. The molecule has 0 aliphatic carbocycles. The Hall–Kier alpha value is -3.41. The summed E-state index contributed by atoms with van der Waals surface area (Å²) in [5, 5.41) is 2.77. The van der Waals surface area contributed by atoms with Crippen LogP contribution >= 0.6 is 0 Å². The number of Topliss-reactive ketones (excluding diaryl/α,β-unsaturated/α-hetero) is 1. The van der Waals surface area contributed by atoms with Gasteiger partial charge >= 0.3 is 0 Å². The van der Waals surface area contributed by atoms with Gasteiger partial charge in [-0.3, -0.25) is 14.6 Å². The maximum Gasteiger partial charge on any atom is 0.259 e. The zero-order valence-corrected chi connectivity index (χ0v) is 14.7. The predicted molar refractivity (Wildman–Crippen MR) is 97.6 cm³/mol. The number of hydrogen-bond acceptors (Lipinski definition) is 5. The van der Waals surface area contributed by atoms with Gasteiger partial charge in [0.2, 0.25) is 0 Å². The van der Waals surface area contributed by atoms with Crippen LogP contribution in [-0.4, -0.2) is 23.8 Å². The molecule has 0 aliphatic heterocycles. The molecule has 2 aromatic heterocycles. The highest BCUT2D eigenvalue weighted by atomic mass is 16.5. The summed E-state index contributed by atoms with van der Waals surface area (Å²) in [6, 6.07) is 10.5. The van der Waals surface area contributed by atoms with Gasteiger partial charge in [0.1, 0.15) is 17.3 Å². The number of ether oxygens (including phenoxy) is 1. The Morgan fingerprint density at radius 3 is 2.50 bits per heavy atom. The van der Waals surface area contributed by atoms with Gasteiger partial charge < -0.3 is 14.5 Å². The number of carbonyl (C=O) groups excluding carboxylic acids is 2. The second kappa shape index (κ2) is 7.23. The maximum absolute atomic E-state index is 12.8. The number of pyridine rings is 1. The molecule has 1 N–H and O–H groups in total. The number of nitrogens with one attached hydrogen (secondary N) is 1. The average molecular weight is 350 g/mol. The van der Waals surface area contributed by atoms with Crippen molar-refractivity contribution >= 4 is 17.4 Å². The summed E-state index contributed by atoms with van der Waals surface area (Å²) in [6.07, 6.45) is 2.95. The first kappa shape index (κ1) is 17.4. The number of aryl methyl sites for hydroxylation is 1. The number of benzene rings is 1. The van der Waals surface area contributed by atoms with E-state index in [1.165, 1.54) is 19.3 Å². The average Bonchev–Trinajstić information content (AvgIpc) is 3.04. The molecular formula is C20H18N2O4. The lowest BCUT2D eigenvalue weighted by atomic mass is 10.1. The van der Waals surface area contributed by atoms with E-state index in [0.717, 1.165) is 5.56 Å². The minimum atomic E-state index is -0.360. The lowest BCUT2D eigenvalue weighted by Crippen LogP contribution is -2.14. The summed E-state index contributed by atoms with van der Waals surface area (Å²) >= 11 is 0. The number of aromatic nitrogens is 1. The number of anilines is 1. The number of amides is 1. The third-order valence-corrected chi connectivity index (χ3v) is 3.90. The molecule has 0 bridgehead atoms. The van der Waals surface area contributed by atoms with Gasteiger partial charge in [0, 0.05) is 18.0 Å². The van der Waals surface area contributed by atoms with Gasteiger partial charge in [-0.05, 0) is 50.2 Å². The van der Waals surface area contributed by atoms with Crippen molar-refractivity contribution in [2.24, 2.45) is 0 Å². The van der Waals surface area contributed by atoms with E-state index in [9.17, 15) is 9.59 Å². The smallest absolute Gasteiger partial charge is 0.259 e. The predicted octanol–water partition coefficient (Wildman–Crippen LogP) is 4.11. The van der Waals surface area contributed by atoms with Crippen molar-refractivity contribution in [3.05, 3.63) is 65.7 Å². The third kappa shape index (κ3) is 3.49. The van der Waals surface area contributed by atoms with Gasteiger partial charge in [-0.15, -0.1) is 0 Å². The van der Waals surface area contributed by atoms with Crippen molar-refractivity contribution in [2.45, 2.75) is 13.8 Å². The van der Waals surface area contributed by atoms with Crippen LogP contribution in [0.15, 0.2) is 53.2 Å². The number of carbonyl (C=O) groups is 2. The van der Waals surface area contributed by atoms with Crippen molar-refractivity contribution in [2.75, 3.05) is 12.4 Å². The highest BCUT2D eigenvalue weighted by molar-refractivity contribution is 6.11. The molecule has 0 fully saturated rings. The zero-order valence-electron chi connectivity index (χ0n) is 14.7. The molecule has 0 atom stereocenters. The molecular weight excluding hydrogens is 332 g/mol. The molecule has 6 heteroatoms. The summed E-state index contributed by atoms with van der Waals surface area (Å²) in [5.74, 6) is 1.25. The van der Waals surface area contributed by atoms with Crippen molar-refractivity contribution in [1.82, 2.24) is 4.98 Å². The van der Waals surface area contributed by atoms with Crippen LogP contribution in [0.2, 0.25) is 0 Å². The second-order valence-corrected chi connectivity index (χ2v) is 5.76. The Bertz CT molecular complexity index is 958. The second-order valence-electron chi connectivity index (χ2n) is 5.76. The van der Waals surface area contributed by atoms with Crippen LogP contribution in [-0.2, 0) is 0 Å². The standard InChI is InChI=1S/C20H18N2O4/c1-12-10-16(19(26-12)14-4-6-15(25-3)7-5-14)20(24)22-18-8-9-21-11-17(18)13(2)23/h4-11H,1-3H3,(H,21,22,24). The van der Waals surface area contributed by atoms with E-state index >= 15 is 0 Å². The van der Waals surface area contributed by atoms with Crippen LogP contribution in [0.3, 0.4) is 0 Å². The van der Waals surface area contributed by atoms with Gasteiger partial charge in [-0.2, -0.15) is 0 Å². The van der Waals surface area contributed by atoms with Crippen LogP contribution in [0.5, 0.6) is 5.75 Å². The van der Waals surface area contributed by atoms with Crippen LogP contribution in [0, 0.1) is 6.92 Å². The molecule has 0 radical (unpaired) electrons. The van der Waals surface area contributed by atoms with Gasteiger partial charge in [-0.25, -0.2) is 0 Å². The lowest BCUT2D eigenvalue weighted by molar-refractivity contribution is 0.101.